The van der Waals surface area contributed by atoms with Crippen molar-refractivity contribution in [1.82, 2.24) is 14.9 Å². The van der Waals surface area contributed by atoms with Crippen LogP contribution in [-0.2, 0) is 24.2 Å². The molecule has 1 aromatic carbocycles. The van der Waals surface area contributed by atoms with Crippen molar-refractivity contribution in [3.63, 3.8) is 0 Å². The number of fused-ring (bicyclic) bond motifs is 1. The second-order valence-electron chi connectivity index (χ2n) is 5.39. The van der Waals surface area contributed by atoms with Crippen LogP contribution in [0.15, 0.2) is 36.7 Å². The number of aryl methyl sites for hydroxylation is 1. The molecule has 0 bridgehead atoms. The Kier molecular flexibility index (Phi) is 3.99. The number of benzene rings is 1. The Morgan fingerprint density at radius 2 is 2.19 bits per heavy atom. The third-order valence-corrected chi connectivity index (χ3v) is 3.95. The SMILES string of the molecule is O=C(NCCc1ccc(F)cc1)C1CCn2ccnc2C1. The van der Waals surface area contributed by atoms with Crippen molar-refractivity contribution in [3.8, 4) is 0 Å². The van der Waals surface area contributed by atoms with Crippen LogP contribution in [0.25, 0.3) is 0 Å². The average Bonchev–Trinajstić information content (AvgIpc) is 2.96. The number of hydrogen-bond acceptors (Lipinski definition) is 2. The normalized spacial score (nSPS) is 17.3. The molecule has 1 unspecified atom stereocenters. The first-order valence-electron chi connectivity index (χ1n) is 7.24. The number of halogens is 1. The molecule has 2 heterocycles. The summed E-state index contributed by atoms with van der Waals surface area (Å²) in [6.07, 6.45) is 6.01. The summed E-state index contributed by atoms with van der Waals surface area (Å²) in [5, 5.41) is 2.97. The van der Waals surface area contributed by atoms with Gasteiger partial charge in [-0.3, -0.25) is 4.79 Å². The summed E-state index contributed by atoms with van der Waals surface area (Å²) in [5.74, 6) is 0.847. The molecular formula is C16H18FN3O. The molecule has 2 aromatic rings. The van der Waals surface area contributed by atoms with E-state index in [-0.39, 0.29) is 17.6 Å². The van der Waals surface area contributed by atoms with Crippen molar-refractivity contribution in [1.29, 1.82) is 0 Å². The molecule has 1 N–H and O–H groups in total. The lowest BCUT2D eigenvalue weighted by Crippen LogP contribution is -2.36. The quantitative estimate of drug-likeness (QED) is 0.934. The van der Waals surface area contributed by atoms with Gasteiger partial charge in [0.1, 0.15) is 11.6 Å². The molecule has 0 saturated carbocycles. The fourth-order valence-electron chi connectivity index (χ4n) is 2.70. The molecule has 1 aliphatic heterocycles. The van der Waals surface area contributed by atoms with E-state index in [0.29, 0.717) is 19.4 Å². The van der Waals surface area contributed by atoms with Crippen LogP contribution in [0, 0.1) is 11.7 Å². The third-order valence-electron chi connectivity index (χ3n) is 3.95. The number of aromatic nitrogens is 2. The molecule has 1 aliphatic rings. The van der Waals surface area contributed by atoms with E-state index < -0.39 is 0 Å². The number of carbonyl (C=O) groups excluding carboxylic acids is 1. The van der Waals surface area contributed by atoms with Gasteiger partial charge in [0.05, 0.1) is 0 Å². The summed E-state index contributed by atoms with van der Waals surface area (Å²) in [5.41, 5.74) is 1.02. The summed E-state index contributed by atoms with van der Waals surface area (Å²) in [6.45, 7) is 1.43. The second-order valence-corrected chi connectivity index (χ2v) is 5.39. The zero-order valence-electron chi connectivity index (χ0n) is 11.8. The minimum atomic E-state index is -0.236. The van der Waals surface area contributed by atoms with Crippen molar-refractivity contribution in [2.75, 3.05) is 6.54 Å². The van der Waals surface area contributed by atoms with Gasteiger partial charge in [-0.1, -0.05) is 12.1 Å². The molecule has 1 aromatic heterocycles. The van der Waals surface area contributed by atoms with E-state index in [2.05, 4.69) is 14.9 Å². The molecule has 1 amide bonds. The lowest BCUT2D eigenvalue weighted by Gasteiger charge is -2.22. The molecule has 1 atom stereocenters. The monoisotopic (exact) mass is 287 g/mol. The molecule has 4 nitrogen and oxygen atoms in total. The topological polar surface area (TPSA) is 46.9 Å². The van der Waals surface area contributed by atoms with Crippen LogP contribution >= 0.6 is 0 Å². The van der Waals surface area contributed by atoms with Crippen LogP contribution < -0.4 is 5.32 Å². The minimum Gasteiger partial charge on any atom is -0.356 e. The molecule has 0 saturated heterocycles. The summed E-state index contributed by atoms with van der Waals surface area (Å²) >= 11 is 0. The van der Waals surface area contributed by atoms with Gasteiger partial charge >= 0.3 is 0 Å². The molecule has 0 aliphatic carbocycles. The van der Waals surface area contributed by atoms with Crippen molar-refractivity contribution in [2.45, 2.75) is 25.8 Å². The predicted molar refractivity (Wildman–Crippen MR) is 77.2 cm³/mol. The Morgan fingerprint density at radius 3 is 3.00 bits per heavy atom. The Morgan fingerprint density at radius 1 is 1.38 bits per heavy atom. The zero-order chi connectivity index (χ0) is 14.7. The van der Waals surface area contributed by atoms with Gasteiger partial charge in [-0.25, -0.2) is 9.37 Å². The number of hydrogen-bond donors (Lipinski definition) is 1. The highest BCUT2D eigenvalue weighted by atomic mass is 19.1. The molecule has 3 rings (SSSR count). The van der Waals surface area contributed by atoms with Gasteiger partial charge in [-0.05, 0) is 30.5 Å². The third kappa shape index (κ3) is 3.29. The summed E-state index contributed by atoms with van der Waals surface area (Å²) in [6, 6.07) is 6.38. The standard InChI is InChI=1S/C16H18FN3O/c17-14-3-1-12(2-4-14)5-7-19-16(21)13-6-9-20-10-8-18-15(20)11-13/h1-4,8,10,13H,5-7,9,11H2,(H,19,21). The maximum atomic E-state index is 12.8. The first-order valence-corrected chi connectivity index (χ1v) is 7.24. The van der Waals surface area contributed by atoms with Crippen LogP contribution in [0.1, 0.15) is 17.8 Å². The van der Waals surface area contributed by atoms with Crippen molar-refractivity contribution < 1.29 is 9.18 Å². The Bertz CT molecular complexity index is 621. The fourth-order valence-corrected chi connectivity index (χ4v) is 2.70. The van der Waals surface area contributed by atoms with Crippen molar-refractivity contribution >= 4 is 5.91 Å². The lowest BCUT2D eigenvalue weighted by atomic mass is 9.97. The predicted octanol–water partition coefficient (Wildman–Crippen LogP) is 1.94. The highest BCUT2D eigenvalue weighted by Crippen LogP contribution is 2.19. The van der Waals surface area contributed by atoms with Gasteiger partial charge < -0.3 is 9.88 Å². The Balaban J connectivity index is 1.48. The van der Waals surface area contributed by atoms with E-state index in [9.17, 15) is 9.18 Å². The average molecular weight is 287 g/mol. The van der Waals surface area contributed by atoms with Gasteiger partial charge in [0, 0.05) is 37.8 Å². The molecule has 110 valence electrons. The van der Waals surface area contributed by atoms with Crippen LogP contribution in [0.3, 0.4) is 0 Å². The maximum absolute atomic E-state index is 12.8. The van der Waals surface area contributed by atoms with Crippen LogP contribution in [0.2, 0.25) is 0 Å². The van der Waals surface area contributed by atoms with Crippen molar-refractivity contribution in [2.24, 2.45) is 5.92 Å². The van der Waals surface area contributed by atoms with Crippen LogP contribution in [0.5, 0.6) is 0 Å². The second kappa shape index (κ2) is 6.08. The molecule has 0 spiro atoms. The van der Waals surface area contributed by atoms with Gasteiger partial charge in [-0.15, -0.1) is 0 Å². The number of nitrogens with zero attached hydrogens (tertiary/aromatic N) is 2. The molecule has 21 heavy (non-hydrogen) atoms. The van der Waals surface area contributed by atoms with E-state index in [0.717, 1.165) is 24.4 Å². The van der Waals surface area contributed by atoms with Crippen molar-refractivity contribution in [3.05, 3.63) is 53.9 Å². The fraction of sp³-hybridized carbons (Fsp3) is 0.375. The zero-order valence-corrected chi connectivity index (χ0v) is 11.8. The van der Waals surface area contributed by atoms with E-state index in [1.807, 2.05) is 6.20 Å². The minimum absolute atomic E-state index is 0.00752. The first-order chi connectivity index (χ1) is 10.2. The van der Waals surface area contributed by atoms with Gasteiger partial charge in [-0.2, -0.15) is 0 Å². The Hall–Kier alpha value is -2.17. The summed E-state index contributed by atoms with van der Waals surface area (Å²) in [7, 11) is 0. The largest absolute Gasteiger partial charge is 0.356 e. The van der Waals surface area contributed by atoms with E-state index in [4.69, 9.17) is 0 Å². The first kappa shape index (κ1) is 13.8. The highest BCUT2D eigenvalue weighted by Gasteiger charge is 2.24. The number of rotatable bonds is 4. The van der Waals surface area contributed by atoms with E-state index in [1.165, 1.54) is 12.1 Å². The van der Waals surface area contributed by atoms with Crippen LogP contribution in [0.4, 0.5) is 4.39 Å². The van der Waals surface area contributed by atoms with Gasteiger partial charge in [0.15, 0.2) is 0 Å². The maximum Gasteiger partial charge on any atom is 0.223 e. The smallest absolute Gasteiger partial charge is 0.223 e. The number of nitrogens with one attached hydrogen (secondary N) is 1. The van der Waals surface area contributed by atoms with Crippen LogP contribution in [-0.4, -0.2) is 22.0 Å². The Labute approximate surface area is 123 Å². The van der Waals surface area contributed by atoms with Gasteiger partial charge in [0.2, 0.25) is 5.91 Å². The van der Waals surface area contributed by atoms with E-state index >= 15 is 0 Å². The molecule has 5 heteroatoms. The number of imidazole rings is 1. The number of carbonyl (C=O) groups is 1. The number of amides is 1. The van der Waals surface area contributed by atoms with Gasteiger partial charge in [0.25, 0.3) is 0 Å². The molecule has 0 radical (unpaired) electrons. The highest BCUT2D eigenvalue weighted by molar-refractivity contribution is 5.78. The van der Waals surface area contributed by atoms with E-state index in [1.54, 1.807) is 18.3 Å². The summed E-state index contributed by atoms with van der Waals surface area (Å²) < 4.78 is 14.9. The lowest BCUT2D eigenvalue weighted by molar-refractivity contribution is -0.125. The molecule has 0 fully saturated rings. The molecular weight excluding hydrogens is 269 g/mol. The summed E-state index contributed by atoms with van der Waals surface area (Å²) in [4.78, 5) is 16.4.